The predicted molar refractivity (Wildman–Crippen MR) is 150 cm³/mol. The Morgan fingerprint density at radius 3 is 2.61 bits per heavy atom. The lowest BCUT2D eigenvalue weighted by Crippen LogP contribution is -2.19. The highest BCUT2D eigenvalue weighted by Gasteiger charge is 2.17. The van der Waals surface area contributed by atoms with E-state index in [0.29, 0.717) is 12.1 Å². The Labute approximate surface area is 219 Å². The number of fused-ring (bicyclic) bond motifs is 2. The first-order valence-corrected chi connectivity index (χ1v) is 12.5. The third-order valence-corrected chi connectivity index (χ3v) is 6.32. The summed E-state index contributed by atoms with van der Waals surface area (Å²) in [4.78, 5) is 29.4. The van der Waals surface area contributed by atoms with Gasteiger partial charge in [-0.15, -0.1) is 0 Å². The number of hydrogen-bond donors (Lipinski definition) is 3. The van der Waals surface area contributed by atoms with Crippen LogP contribution in [0.1, 0.15) is 27.2 Å². The smallest absolute Gasteiger partial charge is 0.224 e. The van der Waals surface area contributed by atoms with Gasteiger partial charge in [-0.05, 0) is 41.8 Å². The van der Waals surface area contributed by atoms with Gasteiger partial charge in [-0.2, -0.15) is 5.10 Å². The van der Waals surface area contributed by atoms with E-state index in [0.717, 1.165) is 55.7 Å². The van der Waals surface area contributed by atoms with Gasteiger partial charge in [0.05, 0.1) is 40.7 Å². The summed E-state index contributed by atoms with van der Waals surface area (Å²) in [5, 5.41) is 12.7. The third-order valence-electron chi connectivity index (χ3n) is 6.32. The molecule has 6 aromatic rings. The van der Waals surface area contributed by atoms with Crippen LogP contribution in [0.2, 0.25) is 0 Å². The lowest BCUT2D eigenvalue weighted by atomic mass is 9.92. The molecule has 0 aliphatic rings. The maximum Gasteiger partial charge on any atom is 0.224 e. The predicted octanol–water partition coefficient (Wildman–Crippen LogP) is 6.60. The lowest BCUT2D eigenvalue weighted by molar-refractivity contribution is -0.117. The summed E-state index contributed by atoms with van der Waals surface area (Å²) in [7, 11) is 0. The Bertz CT molecular complexity index is 1780. The summed E-state index contributed by atoms with van der Waals surface area (Å²) in [5.74, 6) is -0.0409. The van der Waals surface area contributed by atoms with Crippen LogP contribution in [0.25, 0.3) is 55.7 Å². The number of aromatic nitrogens is 6. The molecule has 8 nitrogen and oxygen atoms in total. The Balaban J connectivity index is 1.36. The summed E-state index contributed by atoms with van der Waals surface area (Å²) >= 11 is 0. The largest absolute Gasteiger partial charge is 0.353 e. The minimum Gasteiger partial charge on any atom is -0.353 e. The zero-order chi connectivity index (χ0) is 26.3. The molecular formula is C30H27N7O. The van der Waals surface area contributed by atoms with E-state index in [4.69, 9.17) is 0 Å². The Morgan fingerprint density at radius 1 is 0.895 bits per heavy atom. The van der Waals surface area contributed by atoms with Gasteiger partial charge in [0, 0.05) is 46.2 Å². The number of nitrogens with zero attached hydrogens (tertiary/aromatic N) is 4. The number of carbonyl (C=O) groups excluding carboxylic acids is 1. The van der Waals surface area contributed by atoms with E-state index in [1.54, 1.807) is 24.8 Å². The molecule has 1 aromatic carbocycles. The number of anilines is 1. The fraction of sp³-hybridized carbons (Fsp3) is 0.167. The van der Waals surface area contributed by atoms with Crippen molar-refractivity contribution in [2.24, 2.45) is 5.41 Å². The van der Waals surface area contributed by atoms with E-state index >= 15 is 0 Å². The van der Waals surface area contributed by atoms with Crippen molar-refractivity contribution >= 4 is 33.4 Å². The van der Waals surface area contributed by atoms with Gasteiger partial charge in [0.15, 0.2) is 0 Å². The summed E-state index contributed by atoms with van der Waals surface area (Å²) in [6.45, 7) is 6.11. The summed E-state index contributed by atoms with van der Waals surface area (Å²) in [6.07, 6.45) is 7.39. The average molecular weight is 502 g/mol. The van der Waals surface area contributed by atoms with Crippen LogP contribution in [0, 0.1) is 5.41 Å². The molecule has 0 spiro atoms. The molecule has 38 heavy (non-hydrogen) atoms. The van der Waals surface area contributed by atoms with E-state index in [9.17, 15) is 4.79 Å². The number of aromatic amines is 2. The molecule has 5 aromatic heterocycles. The highest BCUT2D eigenvalue weighted by Crippen LogP contribution is 2.34. The standard InChI is InChI=1S/C30H27N7O/c1-30(2,3)14-28(38)34-19-11-18(15-31-16-19)25-13-22-27(17-33-25)36-37-29(22)26-12-21-20(7-6-9-24(21)35-26)23-8-4-5-10-32-23/h4-13,15-17,35H,14H2,1-3H3,(H,34,38)(H,36,37). The van der Waals surface area contributed by atoms with Gasteiger partial charge in [0.25, 0.3) is 0 Å². The van der Waals surface area contributed by atoms with E-state index in [1.807, 2.05) is 57.2 Å². The molecule has 0 bridgehead atoms. The van der Waals surface area contributed by atoms with E-state index < -0.39 is 0 Å². The van der Waals surface area contributed by atoms with Crippen molar-refractivity contribution in [3.05, 3.63) is 79.4 Å². The van der Waals surface area contributed by atoms with Crippen LogP contribution < -0.4 is 5.32 Å². The first-order chi connectivity index (χ1) is 18.3. The zero-order valence-electron chi connectivity index (χ0n) is 21.4. The lowest BCUT2D eigenvalue weighted by Gasteiger charge is -2.17. The monoisotopic (exact) mass is 501 g/mol. The molecule has 1 amide bonds. The van der Waals surface area contributed by atoms with Crippen LogP contribution in [-0.4, -0.2) is 36.0 Å². The van der Waals surface area contributed by atoms with Crippen molar-refractivity contribution in [3.63, 3.8) is 0 Å². The molecule has 0 radical (unpaired) electrons. The summed E-state index contributed by atoms with van der Waals surface area (Å²) < 4.78 is 0. The maximum atomic E-state index is 12.4. The molecular weight excluding hydrogens is 474 g/mol. The Morgan fingerprint density at radius 2 is 1.79 bits per heavy atom. The summed E-state index contributed by atoms with van der Waals surface area (Å²) in [6, 6.07) is 18.1. The van der Waals surface area contributed by atoms with Gasteiger partial charge in [0.2, 0.25) is 5.91 Å². The van der Waals surface area contributed by atoms with Gasteiger partial charge in [-0.3, -0.25) is 24.8 Å². The van der Waals surface area contributed by atoms with Crippen LogP contribution in [0.4, 0.5) is 5.69 Å². The van der Waals surface area contributed by atoms with Gasteiger partial charge >= 0.3 is 0 Å². The van der Waals surface area contributed by atoms with E-state index in [1.165, 1.54) is 0 Å². The highest BCUT2D eigenvalue weighted by molar-refractivity contribution is 6.01. The van der Waals surface area contributed by atoms with Gasteiger partial charge in [0.1, 0.15) is 5.69 Å². The number of amides is 1. The normalized spacial score (nSPS) is 11.8. The van der Waals surface area contributed by atoms with Gasteiger partial charge < -0.3 is 10.3 Å². The molecule has 5 heterocycles. The molecule has 0 fully saturated rings. The molecule has 0 saturated heterocycles. The van der Waals surface area contributed by atoms with Crippen molar-refractivity contribution < 1.29 is 4.79 Å². The molecule has 0 aliphatic heterocycles. The molecule has 188 valence electrons. The Kier molecular flexibility index (Phi) is 5.72. The second kappa shape index (κ2) is 9.23. The molecule has 0 aliphatic carbocycles. The number of H-pyrrole nitrogens is 2. The maximum absolute atomic E-state index is 12.4. The molecule has 6 rings (SSSR count). The van der Waals surface area contributed by atoms with Crippen LogP contribution >= 0.6 is 0 Å². The molecule has 3 N–H and O–H groups in total. The van der Waals surface area contributed by atoms with Gasteiger partial charge in [-0.25, -0.2) is 0 Å². The first kappa shape index (κ1) is 23.5. The molecule has 0 saturated carbocycles. The third kappa shape index (κ3) is 4.64. The topological polar surface area (TPSA) is 112 Å². The number of nitrogens with one attached hydrogen (secondary N) is 3. The quantitative estimate of drug-likeness (QED) is 0.246. The zero-order valence-corrected chi connectivity index (χ0v) is 21.4. The number of rotatable bonds is 5. The van der Waals surface area contributed by atoms with Crippen LogP contribution in [0.15, 0.2) is 79.4 Å². The van der Waals surface area contributed by atoms with Crippen LogP contribution in [0.3, 0.4) is 0 Å². The van der Waals surface area contributed by atoms with Crippen molar-refractivity contribution in [2.45, 2.75) is 27.2 Å². The molecule has 0 atom stereocenters. The fourth-order valence-corrected chi connectivity index (χ4v) is 4.64. The van der Waals surface area contributed by atoms with Crippen molar-refractivity contribution in [2.75, 3.05) is 5.32 Å². The highest BCUT2D eigenvalue weighted by atomic mass is 16.1. The Hall–Kier alpha value is -4.85. The second-order valence-electron chi connectivity index (χ2n) is 10.6. The minimum atomic E-state index is -0.0968. The molecule has 8 heteroatoms. The minimum absolute atomic E-state index is 0.0409. The number of carbonyl (C=O) groups is 1. The number of benzene rings is 1. The summed E-state index contributed by atoms with van der Waals surface area (Å²) in [5.41, 5.74) is 7.61. The van der Waals surface area contributed by atoms with Crippen molar-refractivity contribution in [1.29, 1.82) is 0 Å². The van der Waals surface area contributed by atoms with Crippen LogP contribution in [-0.2, 0) is 4.79 Å². The second-order valence-corrected chi connectivity index (χ2v) is 10.6. The SMILES string of the molecule is CC(C)(C)CC(=O)Nc1cncc(-c2cc3c(-c4cc5c(-c6ccccn6)cccc5[nH]4)n[nH]c3cn2)c1. The molecule has 0 unspecified atom stereocenters. The van der Waals surface area contributed by atoms with Crippen molar-refractivity contribution in [1.82, 2.24) is 30.1 Å². The van der Waals surface area contributed by atoms with Crippen LogP contribution in [0.5, 0.6) is 0 Å². The van der Waals surface area contributed by atoms with E-state index in [2.05, 4.69) is 53.6 Å². The van der Waals surface area contributed by atoms with Crippen molar-refractivity contribution in [3.8, 4) is 33.9 Å². The van der Waals surface area contributed by atoms with E-state index in [-0.39, 0.29) is 11.3 Å². The fourth-order valence-electron chi connectivity index (χ4n) is 4.64. The average Bonchev–Trinajstić information content (AvgIpc) is 3.51. The first-order valence-electron chi connectivity index (χ1n) is 12.5. The van der Waals surface area contributed by atoms with Gasteiger partial charge in [-0.1, -0.05) is 39.0 Å². The number of hydrogen-bond acceptors (Lipinski definition) is 5. The number of pyridine rings is 3.